The number of nitrogens with zero attached hydrogens (tertiary/aromatic N) is 3. The largest absolute Gasteiger partial charge is 0.384 e. The Morgan fingerprint density at radius 3 is 3.10 bits per heavy atom. The van der Waals surface area contributed by atoms with Gasteiger partial charge >= 0.3 is 0 Å². The Morgan fingerprint density at radius 2 is 2.38 bits per heavy atom. The van der Waals surface area contributed by atoms with Gasteiger partial charge < -0.3 is 14.9 Å². The molecule has 1 amide bonds. The molecule has 1 aromatic heterocycles. The molecule has 0 bridgehead atoms. The Kier molecular flexibility index (Phi) is 5.32. The summed E-state index contributed by atoms with van der Waals surface area (Å²) < 4.78 is 0. The second-order valence-electron chi connectivity index (χ2n) is 5.42. The summed E-state index contributed by atoms with van der Waals surface area (Å²) in [5.41, 5.74) is 0.955. The lowest BCUT2D eigenvalue weighted by atomic mass is 10.1. The number of hydrogen-bond acceptors (Lipinski definition) is 4. The van der Waals surface area contributed by atoms with Crippen LogP contribution in [0.5, 0.6) is 0 Å². The van der Waals surface area contributed by atoms with Gasteiger partial charge in [-0.3, -0.25) is 4.79 Å². The lowest BCUT2D eigenvalue weighted by molar-refractivity contribution is 0.0710. The van der Waals surface area contributed by atoms with Crippen molar-refractivity contribution in [2.75, 3.05) is 33.8 Å². The van der Waals surface area contributed by atoms with E-state index < -0.39 is 0 Å². The number of pyridine rings is 1. The van der Waals surface area contributed by atoms with Crippen LogP contribution in [-0.4, -0.2) is 65.6 Å². The number of likely N-dealkylation sites (tertiary alicyclic amines) is 1. The molecule has 1 unspecified atom stereocenters. The minimum atomic E-state index is -0.227. The Balaban J connectivity index is 2.23. The van der Waals surface area contributed by atoms with Crippen LogP contribution in [-0.2, 0) is 0 Å². The number of rotatable bonds is 3. The monoisotopic (exact) mass is 287 g/mol. The molecule has 2 heterocycles. The van der Waals surface area contributed by atoms with Gasteiger partial charge in [-0.1, -0.05) is 11.8 Å². The molecule has 112 valence electrons. The fraction of sp³-hybridized carbons (Fsp3) is 0.500. The number of carbonyl (C=O) groups is 1. The van der Waals surface area contributed by atoms with Crippen LogP contribution in [0.2, 0.25) is 0 Å². The first-order valence-corrected chi connectivity index (χ1v) is 7.14. The second-order valence-corrected chi connectivity index (χ2v) is 5.42. The van der Waals surface area contributed by atoms with E-state index in [1.165, 1.54) is 0 Å². The number of amides is 1. The van der Waals surface area contributed by atoms with E-state index in [0.29, 0.717) is 11.3 Å². The minimum absolute atomic E-state index is 0.0674. The highest BCUT2D eigenvalue weighted by Gasteiger charge is 2.31. The van der Waals surface area contributed by atoms with Gasteiger partial charge in [0.25, 0.3) is 5.91 Å². The maximum Gasteiger partial charge on any atom is 0.274 e. The first kappa shape index (κ1) is 15.5. The highest BCUT2D eigenvalue weighted by molar-refractivity contribution is 5.95. The topological polar surface area (TPSA) is 56.7 Å². The van der Waals surface area contributed by atoms with E-state index in [9.17, 15) is 4.79 Å². The highest BCUT2D eigenvalue weighted by atomic mass is 16.2. The number of aliphatic hydroxyl groups is 1. The summed E-state index contributed by atoms with van der Waals surface area (Å²) in [6.07, 6.45) is 3.65. The Bertz CT molecular complexity index is 560. The normalized spacial score (nSPS) is 17.7. The predicted molar refractivity (Wildman–Crippen MR) is 80.8 cm³/mol. The molecular formula is C16H21N3O2. The Morgan fingerprint density at radius 1 is 1.57 bits per heavy atom. The van der Waals surface area contributed by atoms with Crippen LogP contribution in [0.25, 0.3) is 0 Å². The SMILES string of the molecule is CN(C)CC1CCCN1C(=O)c1ncccc1C#CCO. The van der Waals surface area contributed by atoms with E-state index in [4.69, 9.17) is 5.11 Å². The number of hydrogen-bond donors (Lipinski definition) is 1. The maximum atomic E-state index is 12.7. The maximum absolute atomic E-state index is 12.7. The van der Waals surface area contributed by atoms with Gasteiger partial charge in [-0.2, -0.15) is 0 Å². The fourth-order valence-electron chi connectivity index (χ4n) is 2.66. The molecule has 1 fully saturated rings. The van der Waals surface area contributed by atoms with Gasteiger partial charge in [0.15, 0.2) is 0 Å². The van der Waals surface area contributed by atoms with Crippen LogP contribution >= 0.6 is 0 Å². The fourth-order valence-corrected chi connectivity index (χ4v) is 2.66. The lowest BCUT2D eigenvalue weighted by Gasteiger charge is -2.27. The summed E-state index contributed by atoms with van der Waals surface area (Å²) in [5, 5.41) is 8.81. The van der Waals surface area contributed by atoms with Crippen molar-refractivity contribution in [2.45, 2.75) is 18.9 Å². The first-order valence-electron chi connectivity index (χ1n) is 7.14. The molecule has 0 spiro atoms. The van der Waals surface area contributed by atoms with Crippen molar-refractivity contribution in [2.24, 2.45) is 0 Å². The lowest BCUT2D eigenvalue weighted by Crippen LogP contribution is -2.41. The number of carbonyl (C=O) groups excluding carboxylic acids is 1. The van der Waals surface area contributed by atoms with Crippen molar-refractivity contribution in [3.8, 4) is 11.8 Å². The molecule has 5 heteroatoms. The predicted octanol–water partition coefficient (Wildman–Crippen LogP) is 0.592. The third-order valence-corrected chi connectivity index (χ3v) is 3.53. The van der Waals surface area contributed by atoms with E-state index in [1.54, 1.807) is 18.3 Å². The molecule has 0 saturated carbocycles. The second kappa shape index (κ2) is 7.21. The van der Waals surface area contributed by atoms with E-state index in [1.807, 2.05) is 19.0 Å². The summed E-state index contributed by atoms with van der Waals surface area (Å²) in [7, 11) is 4.03. The molecule has 1 aliphatic heterocycles. The average molecular weight is 287 g/mol. The summed E-state index contributed by atoms with van der Waals surface area (Å²) in [5.74, 6) is 5.32. The molecule has 1 N–H and O–H groups in total. The van der Waals surface area contributed by atoms with Gasteiger partial charge in [0.2, 0.25) is 0 Å². The quantitative estimate of drug-likeness (QED) is 0.827. The van der Waals surface area contributed by atoms with Gasteiger partial charge in [-0.05, 0) is 39.1 Å². The molecule has 0 aromatic carbocycles. The average Bonchev–Trinajstić information content (AvgIpc) is 2.92. The Labute approximate surface area is 125 Å². The molecule has 0 radical (unpaired) electrons. The number of aromatic nitrogens is 1. The van der Waals surface area contributed by atoms with Crippen LogP contribution in [0, 0.1) is 11.8 Å². The van der Waals surface area contributed by atoms with E-state index in [0.717, 1.165) is 25.9 Å². The smallest absolute Gasteiger partial charge is 0.274 e. The molecule has 1 atom stereocenters. The zero-order valence-corrected chi connectivity index (χ0v) is 12.5. The van der Waals surface area contributed by atoms with E-state index >= 15 is 0 Å². The summed E-state index contributed by atoms with van der Waals surface area (Å²) in [6, 6.07) is 3.74. The van der Waals surface area contributed by atoms with Gasteiger partial charge in [-0.25, -0.2) is 4.98 Å². The van der Waals surface area contributed by atoms with E-state index in [2.05, 4.69) is 21.7 Å². The van der Waals surface area contributed by atoms with Crippen LogP contribution in [0.15, 0.2) is 18.3 Å². The van der Waals surface area contributed by atoms with Crippen LogP contribution < -0.4 is 0 Å². The van der Waals surface area contributed by atoms with Crippen molar-refractivity contribution in [3.05, 3.63) is 29.6 Å². The number of aliphatic hydroxyl groups excluding tert-OH is 1. The third kappa shape index (κ3) is 3.81. The first-order chi connectivity index (χ1) is 10.1. The summed E-state index contributed by atoms with van der Waals surface area (Å²) >= 11 is 0. The van der Waals surface area contributed by atoms with Gasteiger partial charge in [-0.15, -0.1) is 0 Å². The molecular weight excluding hydrogens is 266 g/mol. The molecule has 5 nitrogen and oxygen atoms in total. The van der Waals surface area contributed by atoms with Crippen LogP contribution in [0.4, 0.5) is 0 Å². The molecule has 2 rings (SSSR count). The minimum Gasteiger partial charge on any atom is -0.384 e. The van der Waals surface area contributed by atoms with Crippen LogP contribution in [0.1, 0.15) is 28.9 Å². The molecule has 1 aromatic rings. The summed E-state index contributed by atoms with van der Waals surface area (Å²) in [6.45, 7) is 1.40. The standard InChI is InChI=1S/C16H21N3O2/c1-18(2)12-14-8-4-10-19(14)16(21)15-13(7-5-11-20)6-3-9-17-15/h3,6,9,14,20H,4,8,10-12H2,1-2H3. The van der Waals surface area contributed by atoms with Crippen molar-refractivity contribution < 1.29 is 9.90 Å². The molecule has 0 aliphatic carbocycles. The third-order valence-electron chi connectivity index (χ3n) is 3.53. The zero-order valence-electron chi connectivity index (χ0n) is 12.5. The van der Waals surface area contributed by atoms with E-state index in [-0.39, 0.29) is 18.6 Å². The van der Waals surface area contributed by atoms with Crippen molar-refractivity contribution >= 4 is 5.91 Å². The van der Waals surface area contributed by atoms with Crippen LogP contribution in [0.3, 0.4) is 0 Å². The molecule has 21 heavy (non-hydrogen) atoms. The Hall–Kier alpha value is -1.90. The number of likely N-dealkylation sites (N-methyl/N-ethyl adjacent to an activating group) is 1. The van der Waals surface area contributed by atoms with Gasteiger partial charge in [0.1, 0.15) is 12.3 Å². The van der Waals surface area contributed by atoms with Crippen molar-refractivity contribution in [1.82, 2.24) is 14.8 Å². The van der Waals surface area contributed by atoms with Crippen molar-refractivity contribution in [1.29, 1.82) is 0 Å². The molecule has 1 aliphatic rings. The zero-order chi connectivity index (χ0) is 15.2. The van der Waals surface area contributed by atoms with Crippen molar-refractivity contribution in [3.63, 3.8) is 0 Å². The van der Waals surface area contributed by atoms with Gasteiger partial charge in [0, 0.05) is 25.3 Å². The molecule has 1 saturated heterocycles. The highest BCUT2D eigenvalue weighted by Crippen LogP contribution is 2.21. The summed E-state index contributed by atoms with van der Waals surface area (Å²) in [4.78, 5) is 20.9. The van der Waals surface area contributed by atoms with Gasteiger partial charge in [0.05, 0.1) is 5.56 Å².